The highest BCUT2D eigenvalue weighted by Crippen LogP contribution is 2.33. The molecule has 126 valence electrons. The second kappa shape index (κ2) is 6.14. The lowest BCUT2D eigenvalue weighted by Gasteiger charge is -2.15. The molecule has 0 aliphatic carbocycles. The van der Waals surface area contributed by atoms with Gasteiger partial charge in [0.25, 0.3) is 0 Å². The summed E-state index contributed by atoms with van der Waals surface area (Å²) in [6.07, 6.45) is 0. The van der Waals surface area contributed by atoms with Crippen LogP contribution in [-0.2, 0) is 0 Å². The van der Waals surface area contributed by atoms with E-state index in [1.807, 2.05) is 36.4 Å². The Kier molecular flexibility index (Phi) is 3.81. The molecule has 2 aromatic carbocycles. The van der Waals surface area contributed by atoms with Gasteiger partial charge in [0.1, 0.15) is 5.75 Å². The summed E-state index contributed by atoms with van der Waals surface area (Å²) in [7, 11) is 1.63. The number of methoxy groups -OCH3 is 1. The average Bonchev–Trinajstić information content (AvgIpc) is 3.07. The first-order valence-electron chi connectivity index (χ1n) is 7.62. The molecule has 0 amide bonds. The van der Waals surface area contributed by atoms with Gasteiger partial charge in [-0.2, -0.15) is 9.78 Å². The number of benzene rings is 2. The fourth-order valence-corrected chi connectivity index (χ4v) is 3.46. The number of ether oxygens (including phenoxy) is 1. The van der Waals surface area contributed by atoms with E-state index >= 15 is 0 Å². The Morgan fingerprint density at radius 2 is 1.92 bits per heavy atom. The van der Waals surface area contributed by atoms with Crippen LogP contribution in [0.2, 0.25) is 0 Å². The van der Waals surface area contributed by atoms with Gasteiger partial charge in [0, 0.05) is 11.3 Å². The molecule has 0 saturated heterocycles. The normalized spacial score (nSPS) is 13.2. The van der Waals surface area contributed by atoms with Crippen molar-refractivity contribution in [3.8, 4) is 17.1 Å². The predicted molar refractivity (Wildman–Crippen MR) is 99.9 cm³/mol. The molecule has 0 bridgehead atoms. The quantitative estimate of drug-likeness (QED) is 0.702. The average molecular weight is 352 g/mol. The van der Waals surface area contributed by atoms with Gasteiger partial charge >= 0.3 is 0 Å². The monoisotopic (exact) mass is 352 g/mol. The first kappa shape index (κ1) is 15.5. The molecule has 4 rings (SSSR count). The maximum Gasteiger partial charge on any atom is 0.212 e. The van der Waals surface area contributed by atoms with Gasteiger partial charge in [-0.25, -0.2) is 0 Å². The van der Waals surface area contributed by atoms with Crippen molar-refractivity contribution in [3.05, 3.63) is 48.0 Å². The van der Waals surface area contributed by atoms with Crippen molar-refractivity contribution in [1.29, 1.82) is 0 Å². The largest absolute Gasteiger partial charge is 0.496 e. The zero-order valence-electron chi connectivity index (χ0n) is 13.5. The van der Waals surface area contributed by atoms with Crippen LogP contribution in [0, 0.1) is 0 Å². The molecule has 25 heavy (non-hydrogen) atoms. The number of aromatic nitrogens is 3. The molecule has 1 aliphatic rings. The lowest BCUT2D eigenvalue weighted by Crippen LogP contribution is -2.14. The molecule has 0 saturated carbocycles. The molecule has 2 heterocycles. The van der Waals surface area contributed by atoms with Crippen molar-refractivity contribution in [2.45, 2.75) is 5.16 Å². The van der Waals surface area contributed by atoms with Crippen LogP contribution in [0.5, 0.6) is 5.75 Å². The number of anilines is 2. The fraction of sp³-hybridized carbons (Fsp3) is 0.118. The van der Waals surface area contributed by atoms with Crippen molar-refractivity contribution in [2.24, 2.45) is 5.10 Å². The lowest BCUT2D eigenvalue weighted by molar-refractivity contribution is 0.416. The highest BCUT2D eigenvalue weighted by Gasteiger charge is 2.22. The maximum absolute atomic E-state index is 5.93. The van der Waals surface area contributed by atoms with E-state index in [2.05, 4.69) is 10.2 Å². The van der Waals surface area contributed by atoms with Crippen molar-refractivity contribution in [3.63, 3.8) is 0 Å². The van der Waals surface area contributed by atoms with Crippen LogP contribution < -0.4 is 16.2 Å². The van der Waals surface area contributed by atoms with E-state index in [9.17, 15) is 0 Å². The molecule has 0 unspecified atom stereocenters. The Bertz CT molecular complexity index is 981. The third kappa shape index (κ3) is 2.70. The van der Waals surface area contributed by atoms with Gasteiger partial charge in [0.15, 0.2) is 5.82 Å². The molecule has 3 aromatic rings. The van der Waals surface area contributed by atoms with Crippen LogP contribution in [0.15, 0.2) is 52.7 Å². The van der Waals surface area contributed by atoms with Crippen LogP contribution in [0.3, 0.4) is 0 Å². The Labute approximate surface area is 148 Å². The molecule has 0 spiro atoms. The Balaban J connectivity index is 1.81. The third-order valence-electron chi connectivity index (χ3n) is 3.94. The predicted octanol–water partition coefficient (Wildman–Crippen LogP) is 2.48. The highest BCUT2D eigenvalue weighted by atomic mass is 32.2. The van der Waals surface area contributed by atoms with E-state index in [-0.39, 0.29) is 0 Å². The van der Waals surface area contributed by atoms with Crippen LogP contribution in [0.1, 0.15) is 5.56 Å². The van der Waals surface area contributed by atoms with E-state index < -0.39 is 0 Å². The lowest BCUT2D eigenvalue weighted by atomic mass is 10.1. The Morgan fingerprint density at radius 3 is 2.72 bits per heavy atom. The summed E-state index contributed by atoms with van der Waals surface area (Å²) in [5.74, 6) is 2.05. The molecule has 0 radical (unpaired) electrons. The van der Waals surface area contributed by atoms with Crippen LogP contribution in [0.25, 0.3) is 11.4 Å². The summed E-state index contributed by atoms with van der Waals surface area (Å²) < 4.78 is 7.18. The van der Waals surface area contributed by atoms with Gasteiger partial charge in [-0.1, -0.05) is 30.0 Å². The minimum Gasteiger partial charge on any atom is -0.496 e. The number of hydrogen-bond acceptors (Lipinski definition) is 7. The van der Waals surface area contributed by atoms with Crippen molar-refractivity contribution < 1.29 is 4.74 Å². The topological polar surface area (TPSA) is 104 Å². The van der Waals surface area contributed by atoms with Gasteiger partial charge in [-0.05, 0) is 24.3 Å². The highest BCUT2D eigenvalue weighted by molar-refractivity contribution is 7.99. The van der Waals surface area contributed by atoms with E-state index in [1.54, 1.807) is 29.6 Å². The zero-order chi connectivity index (χ0) is 17.4. The number of hydrogen-bond donors (Lipinski definition) is 2. The molecule has 0 fully saturated rings. The molecular weight excluding hydrogens is 336 g/mol. The Hall–Kier alpha value is -3.00. The van der Waals surface area contributed by atoms with E-state index in [4.69, 9.17) is 21.3 Å². The molecule has 7 nitrogen and oxygen atoms in total. The number of thioether (sulfide) groups is 1. The van der Waals surface area contributed by atoms with E-state index in [0.29, 0.717) is 23.0 Å². The second-order valence-corrected chi connectivity index (χ2v) is 6.44. The van der Waals surface area contributed by atoms with Crippen molar-refractivity contribution in [2.75, 3.05) is 24.3 Å². The van der Waals surface area contributed by atoms with Crippen LogP contribution in [0.4, 0.5) is 11.4 Å². The van der Waals surface area contributed by atoms with Gasteiger partial charge in [-0.3, -0.25) is 0 Å². The molecule has 8 heteroatoms. The molecule has 1 aromatic heterocycles. The minimum absolute atomic E-state index is 0.546. The Morgan fingerprint density at radius 1 is 1.08 bits per heavy atom. The van der Waals surface area contributed by atoms with Crippen molar-refractivity contribution >= 4 is 28.8 Å². The molecule has 4 N–H and O–H groups in total. The summed E-state index contributed by atoms with van der Waals surface area (Å²) in [6, 6.07) is 13.2. The first-order valence-corrected chi connectivity index (χ1v) is 8.61. The SMILES string of the molecule is COc1ccccc1-c1nnc2n1N=C(c1ccc(N)c(N)c1)CS2. The van der Waals surface area contributed by atoms with E-state index in [1.165, 1.54) is 0 Å². The summed E-state index contributed by atoms with van der Waals surface area (Å²) >= 11 is 1.58. The zero-order valence-corrected chi connectivity index (χ0v) is 14.3. The number of nitrogens with zero attached hydrogens (tertiary/aromatic N) is 4. The fourth-order valence-electron chi connectivity index (χ4n) is 2.62. The third-order valence-corrected chi connectivity index (χ3v) is 4.87. The van der Waals surface area contributed by atoms with Gasteiger partial charge in [-0.15, -0.1) is 10.2 Å². The standard InChI is InChI=1S/C17H16N6OS/c1-24-15-5-3-2-4-11(15)16-20-21-17-23(16)22-14(9-25-17)10-6-7-12(18)13(19)8-10/h2-8H,9,18-19H2,1H3. The summed E-state index contributed by atoms with van der Waals surface area (Å²) in [4.78, 5) is 0. The number of rotatable bonds is 3. The summed E-state index contributed by atoms with van der Waals surface area (Å²) in [5.41, 5.74) is 15.5. The van der Waals surface area contributed by atoms with Crippen LogP contribution >= 0.6 is 11.8 Å². The van der Waals surface area contributed by atoms with Crippen molar-refractivity contribution in [1.82, 2.24) is 14.9 Å². The number of fused-ring (bicyclic) bond motifs is 1. The molecular formula is C17H16N6OS. The van der Waals surface area contributed by atoms with Gasteiger partial charge in [0.2, 0.25) is 5.16 Å². The first-order chi connectivity index (χ1) is 12.2. The molecule has 0 atom stereocenters. The number of nitrogens with two attached hydrogens (primary N) is 2. The number of nitrogen functional groups attached to an aromatic ring is 2. The van der Waals surface area contributed by atoms with E-state index in [0.717, 1.165) is 27.7 Å². The minimum atomic E-state index is 0.546. The second-order valence-electron chi connectivity index (χ2n) is 5.50. The van der Waals surface area contributed by atoms with Crippen LogP contribution in [-0.4, -0.2) is 33.4 Å². The molecule has 1 aliphatic heterocycles. The summed E-state index contributed by atoms with van der Waals surface area (Å²) in [6.45, 7) is 0. The maximum atomic E-state index is 5.93. The number of para-hydroxylation sites is 1. The van der Waals surface area contributed by atoms with Gasteiger partial charge in [0.05, 0.1) is 29.8 Å². The summed E-state index contributed by atoms with van der Waals surface area (Å²) in [5, 5.41) is 14.0. The smallest absolute Gasteiger partial charge is 0.212 e. The van der Waals surface area contributed by atoms with Gasteiger partial charge < -0.3 is 16.2 Å².